The number of nitrogens with zero attached hydrogens (tertiary/aromatic N) is 3. The highest BCUT2D eigenvalue weighted by Gasteiger charge is 2.13. The Balaban J connectivity index is 1.95. The minimum absolute atomic E-state index is 0.0519. The maximum absolute atomic E-state index is 12.3. The number of H-pyrrole nitrogens is 1. The van der Waals surface area contributed by atoms with Crippen LogP contribution in [0.1, 0.15) is 11.1 Å². The van der Waals surface area contributed by atoms with Crippen molar-refractivity contribution in [2.75, 3.05) is 12.5 Å². The van der Waals surface area contributed by atoms with E-state index in [1.54, 1.807) is 25.5 Å². The van der Waals surface area contributed by atoms with Gasteiger partial charge in [0.2, 0.25) is 5.95 Å². The van der Waals surface area contributed by atoms with Crippen LogP contribution in [0, 0.1) is 14.9 Å². The second kappa shape index (κ2) is 8.99. The van der Waals surface area contributed by atoms with E-state index in [4.69, 9.17) is 4.74 Å². The first-order valence-corrected chi connectivity index (χ1v) is 9.82. The monoisotopic (exact) mass is 549 g/mol. The van der Waals surface area contributed by atoms with Crippen molar-refractivity contribution in [1.82, 2.24) is 9.97 Å². The number of aromatic amines is 1. The highest BCUT2D eigenvalue weighted by molar-refractivity contribution is 14.1. The second-order valence-corrected chi connectivity index (χ2v) is 7.57. The lowest BCUT2D eigenvalue weighted by Crippen LogP contribution is -2.16. The van der Waals surface area contributed by atoms with Gasteiger partial charge in [0.05, 0.1) is 22.6 Å². The molecule has 0 bridgehead atoms. The van der Waals surface area contributed by atoms with Crippen molar-refractivity contribution < 1.29 is 4.74 Å². The fraction of sp³-hybridized carbons (Fsp3) is 0.0526. The molecule has 0 saturated heterocycles. The zero-order chi connectivity index (χ0) is 20.1. The van der Waals surface area contributed by atoms with E-state index in [0.29, 0.717) is 17.0 Å². The molecule has 0 aliphatic heterocycles. The fourth-order valence-electron chi connectivity index (χ4n) is 2.49. The molecule has 1 aromatic heterocycles. The summed E-state index contributed by atoms with van der Waals surface area (Å²) < 4.78 is 7.21. The van der Waals surface area contributed by atoms with E-state index >= 15 is 0 Å². The molecule has 0 saturated carbocycles. The van der Waals surface area contributed by atoms with Gasteiger partial charge in [0.1, 0.15) is 17.4 Å². The Hall–Kier alpha value is -2.71. The summed E-state index contributed by atoms with van der Waals surface area (Å²) in [5, 5.41) is 13.4. The Morgan fingerprint density at radius 3 is 2.79 bits per heavy atom. The molecule has 0 atom stereocenters. The van der Waals surface area contributed by atoms with Gasteiger partial charge in [-0.05, 0) is 34.7 Å². The van der Waals surface area contributed by atoms with Crippen molar-refractivity contribution in [3.8, 4) is 23.1 Å². The molecule has 0 amide bonds. The number of aromatic nitrogens is 2. The Labute approximate surface area is 182 Å². The molecule has 0 aliphatic carbocycles. The Bertz CT molecular complexity index is 1140. The summed E-state index contributed by atoms with van der Waals surface area (Å²) in [4.78, 5) is 19.1. The molecule has 0 radical (unpaired) electrons. The van der Waals surface area contributed by atoms with Crippen molar-refractivity contribution in [3.63, 3.8) is 0 Å². The van der Waals surface area contributed by atoms with Crippen molar-refractivity contribution in [2.24, 2.45) is 5.10 Å². The minimum Gasteiger partial charge on any atom is -0.495 e. The van der Waals surface area contributed by atoms with Crippen LogP contribution in [0.5, 0.6) is 5.75 Å². The average Bonchev–Trinajstić information content (AvgIpc) is 2.68. The van der Waals surface area contributed by atoms with E-state index in [1.165, 1.54) is 0 Å². The zero-order valence-corrected chi connectivity index (χ0v) is 18.3. The van der Waals surface area contributed by atoms with Crippen LogP contribution >= 0.6 is 38.5 Å². The number of methoxy groups -OCH3 is 1. The van der Waals surface area contributed by atoms with Crippen LogP contribution in [0.2, 0.25) is 0 Å². The van der Waals surface area contributed by atoms with Crippen LogP contribution in [0.4, 0.5) is 5.95 Å². The van der Waals surface area contributed by atoms with Crippen LogP contribution < -0.4 is 15.7 Å². The summed E-state index contributed by atoms with van der Waals surface area (Å²) in [7, 11) is 1.59. The molecule has 2 aromatic carbocycles. The van der Waals surface area contributed by atoms with Crippen LogP contribution in [-0.2, 0) is 0 Å². The van der Waals surface area contributed by atoms with Crippen LogP contribution in [0.3, 0.4) is 0 Å². The van der Waals surface area contributed by atoms with Gasteiger partial charge in [-0.2, -0.15) is 10.4 Å². The SMILES string of the molecule is COc1c(I)cc(Br)cc1C=NNc1nc(-c2ccccc2)c(C#N)c(=O)[nH]1. The lowest BCUT2D eigenvalue weighted by Gasteiger charge is -2.08. The van der Waals surface area contributed by atoms with Crippen LogP contribution in [0.25, 0.3) is 11.3 Å². The molecule has 3 aromatic rings. The van der Waals surface area contributed by atoms with Crippen LogP contribution in [0.15, 0.2) is 56.8 Å². The number of nitrogens with one attached hydrogen (secondary N) is 2. The summed E-state index contributed by atoms with van der Waals surface area (Å²) in [5.41, 5.74) is 3.82. The number of halogens is 2. The predicted octanol–water partition coefficient (Wildman–Crippen LogP) is 4.13. The lowest BCUT2D eigenvalue weighted by molar-refractivity contribution is 0.411. The summed E-state index contributed by atoms with van der Waals surface area (Å²) >= 11 is 5.61. The maximum atomic E-state index is 12.3. The van der Waals surface area contributed by atoms with E-state index in [-0.39, 0.29) is 11.5 Å². The molecule has 28 heavy (non-hydrogen) atoms. The van der Waals surface area contributed by atoms with Gasteiger partial charge >= 0.3 is 0 Å². The van der Waals surface area contributed by atoms with E-state index in [1.807, 2.05) is 36.4 Å². The van der Waals surface area contributed by atoms with Gasteiger partial charge in [-0.15, -0.1) is 0 Å². The first kappa shape index (κ1) is 20.0. The highest BCUT2D eigenvalue weighted by atomic mass is 127. The van der Waals surface area contributed by atoms with Crippen molar-refractivity contribution in [3.05, 3.63) is 72.0 Å². The van der Waals surface area contributed by atoms with Gasteiger partial charge in [0, 0.05) is 15.6 Å². The number of benzene rings is 2. The smallest absolute Gasteiger partial charge is 0.270 e. The highest BCUT2D eigenvalue weighted by Crippen LogP contribution is 2.28. The molecular weight excluding hydrogens is 537 g/mol. The third-order valence-electron chi connectivity index (χ3n) is 3.69. The molecule has 0 aliphatic rings. The Kier molecular flexibility index (Phi) is 6.43. The molecule has 3 rings (SSSR count). The van der Waals surface area contributed by atoms with Crippen molar-refractivity contribution in [2.45, 2.75) is 0 Å². The average molecular weight is 550 g/mol. The quantitative estimate of drug-likeness (QED) is 0.283. The van der Waals surface area contributed by atoms with E-state index in [9.17, 15) is 10.1 Å². The summed E-state index contributed by atoms with van der Waals surface area (Å²) in [5.74, 6) is 0.809. The number of hydrogen-bond donors (Lipinski definition) is 2. The topological polar surface area (TPSA) is 103 Å². The normalized spacial score (nSPS) is 10.6. The van der Waals surface area contributed by atoms with Gasteiger partial charge in [-0.3, -0.25) is 9.78 Å². The van der Waals surface area contributed by atoms with Gasteiger partial charge in [0.15, 0.2) is 0 Å². The van der Waals surface area contributed by atoms with E-state index < -0.39 is 5.56 Å². The third kappa shape index (κ3) is 4.40. The molecule has 0 fully saturated rings. The molecule has 140 valence electrons. The molecule has 0 spiro atoms. The van der Waals surface area contributed by atoms with Gasteiger partial charge in [-0.25, -0.2) is 10.4 Å². The minimum atomic E-state index is -0.538. The zero-order valence-electron chi connectivity index (χ0n) is 14.5. The van der Waals surface area contributed by atoms with Crippen molar-refractivity contribution in [1.29, 1.82) is 5.26 Å². The molecule has 9 heteroatoms. The fourth-order valence-corrected chi connectivity index (χ4v) is 4.26. The summed E-state index contributed by atoms with van der Waals surface area (Å²) in [6.07, 6.45) is 1.56. The summed E-state index contributed by atoms with van der Waals surface area (Å²) in [6.45, 7) is 0. The first-order chi connectivity index (χ1) is 13.5. The van der Waals surface area contributed by atoms with E-state index in [0.717, 1.165) is 13.6 Å². The number of hydrazone groups is 1. The van der Waals surface area contributed by atoms with Crippen molar-refractivity contribution >= 4 is 50.7 Å². The maximum Gasteiger partial charge on any atom is 0.270 e. The second-order valence-electron chi connectivity index (χ2n) is 5.50. The Morgan fingerprint density at radius 2 is 2.11 bits per heavy atom. The largest absolute Gasteiger partial charge is 0.495 e. The van der Waals surface area contributed by atoms with Gasteiger partial charge in [-0.1, -0.05) is 46.3 Å². The standard InChI is InChI=1S/C19H13BrIN5O2/c1-28-17-12(7-13(20)8-15(17)21)10-23-26-19-24-16(11-5-3-2-4-6-11)14(9-22)18(27)25-19/h2-8,10H,1H3,(H2,24,25,26,27). The number of anilines is 1. The summed E-state index contributed by atoms with van der Waals surface area (Å²) in [6, 6.07) is 14.7. The molecule has 7 nitrogen and oxygen atoms in total. The van der Waals surface area contributed by atoms with Gasteiger partial charge < -0.3 is 4.74 Å². The van der Waals surface area contributed by atoms with Gasteiger partial charge in [0.25, 0.3) is 5.56 Å². The Morgan fingerprint density at radius 1 is 1.36 bits per heavy atom. The molecule has 1 heterocycles. The molecular formula is C19H13BrIN5O2. The predicted molar refractivity (Wildman–Crippen MR) is 120 cm³/mol. The molecule has 0 unspecified atom stereocenters. The lowest BCUT2D eigenvalue weighted by atomic mass is 10.1. The molecule has 2 N–H and O–H groups in total. The number of nitriles is 1. The van der Waals surface area contributed by atoms with Crippen LogP contribution in [-0.4, -0.2) is 23.3 Å². The third-order valence-corrected chi connectivity index (χ3v) is 4.95. The number of ether oxygens (including phenoxy) is 1. The first-order valence-electron chi connectivity index (χ1n) is 7.95. The number of rotatable bonds is 5. The number of hydrogen-bond acceptors (Lipinski definition) is 6. The van der Waals surface area contributed by atoms with E-state index in [2.05, 4.69) is 59.0 Å².